The number of nitrogens with zero attached hydrogens (tertiary/aromatic N) is 1. The van der Waals surface area contributed by atoms with E-state index in [2.05, 4.69) is 45.8 Å². The number of amides is 2. The zero-order valence-corrected chi connectivity index (χ0v) is 20.8. The Balaban J connectivity index is 2.02. The van der Waals surface area contributed by atoms with Crippen molar-refractivity contribution in [2.24, 2.45) is 5.92 Å². The summed E-state index contributed by atoms with van der Waals surface area (Å²) in [7, 11) is -2.03. The van der Waals surface area contributed by atoms with Gasteiger partial charge in [-0.25, -0.2) is 4.79 Å². The van der Waals surface area contributed by atoms with E-state index in [0.29, 0.717) is 12.3 Å². The van der Waals surface area contributed by atoms with Crippen molar-refractivity contribution in [1.82, 2.24) is 10.2 Å². The molecular formula is C21H36N2O5SSi. The van der Waals surface area contributed by atoms with Crippen LogP contribution in [-0.4, -0.2) is 73.8 Å². The second kappa shape index (κ2) is 9.87. The van der Waals surface area contributed by atoms with Gasteiger partial charge in [0.25, 0.3) is 0 Å². The van der Waals surface area contributed by atoms with Crippen LogP contribution in [0.2, 0.25) is 18.1 Å². The molecule has 7 nitrogen and oxygen atoms in total. The molecule has 0 aliphatic carbocycles. The predicted molar refractivity (Wildman–Crippen MR) is 122 cm³/mol. The Hall–Kier alpha value is -1.32. The van der Waals surface area contributed by atoms with Crippen molar-refractivity contribution in [3.8, 4) is 0 Å². The van der Waals surface area contributed by atoms with E-state index in [9.17, 15) is 14.4 Å². The molecule has 9 heteroatoms. The molecule has 0 saturated carbocycles. The van der Waals surface area contributed by atoms with Crippen LogP contribution in [0.3, 0.4) is 0 Å². The lowest BCUT2D eigenvalue weighted by Crippen LogP contribution is -2.65. The maximum absolute atomic E-state index is 13.0. The number of carbonyl (C=O) groups excluding carboxylic acids is 3. The van der Waals surface area contributed by atoms with Gasteiger partial charge in [0.1, 0.15) is 12.6 Å². The number of ketones is 1. The van der Waals surface area contributed by atoms with Crippen LogP contribution in [0, 0.1) is 5.92 Å². The smallest absolute Gasteiger partial charge is 0.410 e. The van der Waals surface area contributed by atoms with E-state index in [0.717, 1.165) is 5.75 Å². The summed E-state index contributed by atoms with van der Waals surface area (Å²) < 4.78 is 11.5. The number of β-lactam (4-membered cyclic amide) rings is 1. The van der Waals surface area contributed by atoms with Crippen LogP contribution in [-0.2, 0) is 18.8 Å². The average molecular weight is 457 g/mol. The molecule has 1 N–H and O–H groups in total. The molecule has 2 saturated heterocycles. The first-order valence-electron chi connectivity index (χ1n) is 10.5. The molecule has 2 amide bonds. The number of hydrogen-bond acceptors (Lipinski definition) is 6. The van der Waals surface area contributed by atoms with Crippen molar-refractivity contribution >= 4 is 37.9 Å². The van der Waals surface area contributed by atoms with Gasteiger partial charge in [0.2, 0.25) is 5.91 Å². The summed E-state index contributed by atoms with van der Waals surface area (Å²) >= 11 is 1.65. The highest BCUT2D eigenvalue weighted by Gasteiger charge is 2.48. The molecule has 0 aromatic heterocycles. The Bertz CT molecular complexity index is 679. The maximum atomic E-state index is 13.0. The Morgan fingerprint density at radius 2 is 2.07 bits per heavy atom. The second-order valence-corrected chi connectivity index (χ2v) is 15.5. The van der Waals surface area contributed by atoms with Gasteiger partial charge in [-0.3, -0.25) is 14.5 Å². The minimum absolute atomic E-state index is 0.0401. The van der Waals surface area contributed by atoms with E-state index in [-0.39, 0.29) is 47.8 Å². The van der Waals surface area contributed by atoms with Gasteiger partial charge in [-0.15, -0.1) is 0 Å². The number of rotatable bonds is 8. The SMILES string of the molecule is C=CCOC(=O)N1CCSCC1C(=O)C[C@H]1NC(=O)[C@@H]1[C@@H](C)O[Si](C)(C)C(C)(C)C. The van der Waals surface area contributed by atoms with Gasteiger partial charge < -0.3 is 14.5 Å². The van der Waals surface area contributed by atoms with Crippen LogP contribution in [0.15, 0.2) is 12.7 Å². The highest BCUT2D eigenvalue weighted by atomic mass is 32.2. The monoisotopic (exact) mass is 456 g/mol. The molecule has 0 aromatic carbocycles. The first-order chi connectivity index (χ1) is 13.9. The van der Waals surface area contributed by atoms with Crippen LogP contribution in [0.4, 0.5) is 4.79 Å². The van der Waals surface area contributed by atoms with Gasteiger partial charge in [0.05, 0.1) is 12.0 Å². The van der Waals surface area contributed by atoms with Crippen LogP contribution in [0.1, 0.15) is 34.1 Å². The molecule has 2 aliphatic heterocycles. The molecule has 0 radical (unpaired) electrons. The minimum atomic E-state index is -2.03. The molecule has 0 aromatic rings. The average Bonchev–Trinajstić information content (AvgIpc) is 2.63. The van der Waals surface area contributed by atoms with Crippen LogP contribution in [0.25, 0.3) is 0 Å². The van der Waals surface area contributed by atoms with Gasteiger partial charge in [0.15, 0.2) is 14.1 Å². The fraction of sp³-hybridized carbons (Fsp3) is 0.762. The summed E-state index contributed by atoms with van der Waals surface area (Å²) in [4.78, 5) is 39.2. The molecule has 2 heterocycles. The summed E-state index contributed by atoms with van der Waals surface area (Å²) in [6.45, 7) is 16.9. The van der Waals surface area contributed by atoms with Crippen LogP contribution < -0.4 is 5.32 Å². The normalized spacial score (nSPS) is 25.7. The Morgan fingerprint density at radius 3 is 2.63 bits per heavy atom. The number of thioether (sulfide) groups is 1. The fourth-order valence-corrected chi connectivity index (χ4v) is 6.05. The van der Waals surface area contributed by atoms with Crippen molar-refractivity contribution in [2.75, 3.05) is 24.7 Å². The zero-order chi connectivity index (χ0) is 22.7. The summed E-state index contributed by atoms with van der Waals surface area (Å²) in [5.41, 5.74) is 0. The number of hydrogen-bond donors (Lipinski definition) is 1. The van der Waals surface area contributed by atoms with Crippen molar-refractivity contribution < 1.29 is 23.5 Å². The highest BCUT2D eigenvalue weighted by molar-refractivity contribution is 7.99. The Morgan fingerprint density at radius 1 is 1.40 bits per heavy atom. The van der Waals surface area contributed by atoms with Gasteiger partial charge in [-0.1, -0.05) is 33.4 Å². The summed E-state index contributed by atoms with van der Waals surface area (Å²) in [6.07, 6.45) is 0.952. The van der Waals surface area contributed by atoms with E-state index in [1.807, 2.05) is 6.92 Å². The minimum Gasteiger partial charge on any atom is -0.445 e. The van der Waals surface area contributed by atoms with Gasteiger partial charge in [-0.2, -0.15) is 11.8 Å². The van der Waals surface area contributed by atoms with Crippen LogP contribution >= 0.6 is 11.8 Å². The van der Waals surface area contributed by atoms with Crippen molar-refractivity contribution in [1.29, 1.82) is 0 Å². The van der Waals surface area contributed by atoms with Gasteiger partial charge in [0, 0.05) is 30.5 Å². The predicted octanol–water partition coefficient (Wildman–Crippen LogP) is 3.21. The van der Waals surface area contributed by atoms with Crippen LogP contribution in [0.5, 0.6) is 0 Å². The van der Waals surface area contributed by atoms with Crippen molar-refractivity contribution in [3.63, 3.8) is 0 Å². The fourth-order valence-electron chi connectivity index (χ4n) is 3.54. The Labute approximate surface area is 185 Å². The Kier molecular flexibility index (Phi) is 8.20. The summed E-state index contributed by atoms with van der Waals surface area (Å²) in [6, 6.07) is -0.793. The van der Waals surface area contributed by atoms with E-state index < -0.39 is 20.5 Å². The van der Waals surface area contributed by atoms with Crippen molar-refractivity contribution in [2.45, 2.75) is 70.4 Å². The lowest BCUT2D eigenvalue weighted by Gasteiger charge is -2.45. The molecule has 4 atom stereocenters. The summed E-state index contributed by atoms with van der Waals surface area (Å²) in [5.74, 6) is 0.850. The molecule has 2 rings (SSSR count). The molecule has 0 spiro atoms. The van der Waals surface area contributed by atoms with E-state index in [1.54, 1.807) is 11.8 Å². The third-order valence-corrected chi connectivity index (χ3v) is 11.9. The second-order valence-electron chi connectivity index (χ2n) is 9.54. The molecule has 2 fully saturated rings. The number of nitrogens with one attached hydrogen (secondary N) is 1. The third kappa shape index (κ3) is 5.67. The quantitative estimate of drug-likeness (QED) is 0.343. The van der Waals surface area contributed by atoms with E-state index >= 15 is 0 Å². The number of carbonyl (C=O) groups is 3. The molecular weight excluding hydrogens is 420 g/mol. The molecule has 30 heavy (non-hydrogen) atoms. The third-order valence-electron chi connectivity index (χ3n) is 6.34. The molecule has 1 unspecified atom stereocenters. The largest absolute Gasteiger partial charge is 0.445 e. The number of Topliss-reactive ketones (excluding diaryl/α,β-unsaturated/α-hetero) is 1. The number of ether oxygens (including phenoxy) is 1. The van der Waals surface area contributed by atoms with E-state index in [1.165, 1.54) is 11.0 Å². The molecule has 170 valence electrons. The zero-order valence-electron chi connectivity index (χ0n) is 19.0. The molecule has 0 bridgehead atoms. The van der Waals surface area contributed by atoms with Crippen molar-refractivity contribution in [3.05, 3.63) is 12.7 Å². The maximum Gasteiger partial charge on any atom is 0.410 e. The van der Waals surface area contributed by atoms with Gasteiger partial charge >= 0.3 is 6.09 Å². The topological polar surface area (TPSA) is 84.9 Å². The first-order valence-corrected chi connectivity index (χ1v) is 14.6. The molecule has 2 aliphatic rings. The lowest BCUT2D eigenvalue weighted by molar-refractivity contribution is -0.141. The van der Waals surface area contributed by atoms with E-state index in [4.69, 9.17) is 9.16 Å². The standard InChI is InChI=1S/C21H36N2O5SSi/c1-8-10-27-20(26)23-9-11-29-13-16(23)17(24)12-15-18(19(25)22-15)14(2)28-30(6,7)21(3,4)5/h8,14-16,18H,1,9-13H2,2-7H3,(H,22,25)/t14-,15-,16?,18-/m1/s1. The van der Waals surface area contributed by atoms with Gasteiger partial charge in [-0.05, 0) is 25.1 Å². The summed E-state index contributed by atoms with van der Waals surface area (Å²) in [5, 5.41) is 2.91. The highest BCUT2D eigenvalue weighted by Crippen LogP contribution is 2.39. The lowest BCUT2D eigenvalue weighted by atomic mass is 9.82. The first kappa shape index (κ1) is 24.9.